The van der Waals surface area contributed by atoms with Gasteiger partial charge in [0.1, 0.15) is 0 Å². The fourth-order valence-corrected chi connectivity index (χ4v) is 2.37. The second-order valence-electron chi connectivity index (χ2n) is 4.38. The minimum Gasteiger partial charge on any atom is -0.481 e. The number of nitrogens with two attached hydrogens (primary N) is 1. The molecule has 0 heterocycles. The molecule has 0 radical (unpaired) electrons. The van der Waals surface area contributed by atoms with Gasteiger partial charge in [0, 0.05) is 13.1 Å². The Hall–Kier alpha value is -1.10. The van der Waals surface area contributed by atoms with Gasteiger partial charge in [-0.1, -0.05) is 13.3 Å². The summed E-state index contributed by atoms with van der Waals surface area (Å²) in [7, 11) is 0. The molecule has 0 aromatic rings. The Kier molecular flexibility index (Phi) is 4.73. The Labute approximate surface area is 95.4 Å². The van der Waals surface area contributed by atoms with Crippen molar-refractivity contribution >= 4 is 11.9 Å². The molecule has 1 aliphatic carbocycles. The molecule has 1 unspecified atom stereocenters. The number of carboxylic acid groups (broad SMARTS) is 1. The molecule has 0 spiro atoms. The van der Waals surface area contributed by atoms with Gasteiger partial charge in [0.2, 0.25) is 5.91 Å². The highest BCUT2D eigenvalue weighted by Crippen LogP contribution is 2.38. The van der Waals surface area contributed by atoms with Crippen molar-refractivity contribution < 1.29 is 14.7 Å². The highest BCUT2D eigenvalue weighted by Gasteiger charge is 2.41. The maximum Gasteiger partial charge on any atom is 0.307 e. The van der Waals surface area contributed by atoms with Crippen LogP contribution in [0, 0.1) is 17.8 Å². The number of nitrogens with one attached hydrogen (secondary N) is 1. The minimum atomic E-state index is -0.858. The Bertz CT molecular complexity index is 268. The van der Waals surface area contributed by atoms with Crippen molar-refractivity contribution in [2.45, 2.75) is 26.2 Å². The zero-order chi connectivity index (χ0) is 12.1. The van der Waals surface area contributed by atoms with E-state index in [-0.39, 0.29) is 11.8 Å². The Morgan fingerprint density at radius 1 is 1.38 bits per heavy atom. The van der Waals surface area contributed by atoms with E-state index in [0.29, 0.717) is 31.8 Å². The molecule has 1 amide bonds. The third-order valence-corrected chi connectivity index (χ3v) is 3.34. The summed E-state index contributed by atoms with van der Waals surface area (Å²) in [6.45, 7) is 2.83. The Morgan fingerprint density at radius 3 is 2.50 bits per heavy atom. The fourth-order valence-electron chi connectivity index (χ4n) is 2.37. The average Bonchev–Trinajstić information content (AvgIpc) is 2.70. The number of rotatable bonds is 5. The SMILES string of the molecule is CCC1C[C@H](C(=O)NCCN)[C@H](C(=O)O)C1. The van der Waals surface area contributed by atoms with Crippen LogP contribution < -0.4 is 11.1 Å². The van der Waals surface area contributed by atoms with Gasteiger partial charge in [-0.25, -0.2) is 0 Å². The molecule has 0 aliphatic heterocycles. The highest BCUT2D eigenvalue weighted by atomic mass is 16.4. The van der Waals surface area contributed by atoms with E-state index in [9.17, 15) is 9.59 Å². The largest absolute Gasteiger partial charge is 0.481 e. The van der Waals surface area contributed by atoms with Crippen molar-refractivity contribution in [2.24, 2.45) is 23.5 Å². The minimum absolute atomic E-state index is 0.159. The van der Waals surface area contributed by atoms with Crippen molar-refractivity contribution in [3.63, 3.8) is 0 Å². The summed E-state index contributed by atoms with van der Waals surface area (Å²) in [5, 5.41) is 11.7. The lowest BCUT2D eigenvalue weighted by Gasteiger charge is -2.14. The van der Waals surface area contributed by atoms with Crippen LogP contribution in [0.25, 0.3) is 0 Å². The van der Waals surface area contributed by atoms with E-state index in [0.717, 1.165) is 6.42 Å². The third-order valence-electron chi connectivity index (χ3n) is 3.34. The van der Waals surface area contributed by atoms with Gasteiger partial charge in [0.25, 0.3) is 0 Å². The normalized spacial score (nSPS) is 29.0. The first-order valence-electron chi connectivity index (χ1n) is 5.80. The summed E-state index contributed by atoms with van der Waals surface area (Å²) < 4.78 is 0. The van der Waals surface area contributed by atoms with Gasteiger partial charge in [-0.3, -0.25) is 9.59 Å². The monoisotopic (exact) mass is 228 g/mol. The highest BCUT2D eigenvalue weighted by molar-refractivity contribution is 5.85. The van der Waals surface area contributed by atoms with E-state index in [4.69, 9.17) is 10.8 Å². The number of carboxylic acids is 1. The van der Waals surface area contributed by atoms with Crippen LogP contribution in [0.1, 0.15) is 26.2 Å². The van der Waals surface area contributed by atoms with E-state index in [1.54, 1.807) is 0 Å². The molecule has 1 saturated carbocycles. The molecule has 4 N–H and O–H groups in total. The van der Waals surface area contributed by atoms with Crippen molar-refractivity contribution in [3.8, 4) is 0 Å². The number of carbonyl (C=O) groups is 2. The zero-order valence-corrected chi connectivity index (χ0v) is 9.61. The standard InChI is InChI=1S/C11H20N2O3/c1-2-7-5-8(9(6-7)11(15)16)10(14)13-4-3-12/h7-9H,2-6,12H2,1H3,(H,13,14)(H,15,16)/t7?,8-,9+/m0/s1. The number of aliphatic carboxylic acids is 1. The molecule has 5 nitrogen and oxygen atoms in total. The van der Waals surface area contributed by atoms with E-state index < -0.39 is 11.9 Å². The summed E-state index contributed by atoms with van der Waals surface area (Å²) in [6, 6.07) is 0. The molecule has 3 atom stereocenters. The molecule has 5 heteroatoms. The molecule has 1 aliphatic rings. The molecular weight excluding hydrogens is 208 g/mol. The first kappa shape index (κ1) is 13.0. The third kappa shape index (κ3) is 2.95. The number of carbonyl (C=O) groups excluding carboxylic acids is 1. The Morgan fingerprint density at radius 2 is 2.00 bits per heavy atom. The lowest BCUT2D eigenvalue weighted by Crippen LogP contribution is -2.37. The summed E-state index contributed by atoms with van der Waals surface area (Å²) in [4.78, 5) is 22.8. The second kappa shape index (κ2) is 5.84. The van der Waals surface area contributed by atoms with Gasteiger partial charge in [-0.15, -0.1) is 0 Å². The van der Waals surface area contributed by atoms with Crippen LogP contribution in [-0.4, -0.2) is 30.1 Å². The van der Waals surface area contributed by atoms with Crippen LogP contribution in [-0.2, 0) is 9.59 Å². The molecule has 0 aromatic heterocycles. The second-order valence-corrected chi connectivity index (χ2v) is 4.38. The lowest BCUT2D eigenvalue weighted by molar-refractivity contribution is -0.146. The van der Waals surface area contributed by atoms with Crippen LogP contribution >= 0.6 is 0 Å². The maximum atomic E-state index is 11.8. The quantitative estimate of drug-likeness (QED) is 0.626. The molecule has 92 valence electrons. The molecular formula is C11H20N2O3. The average molecular weight is 228 g/mol. The van der Waals surface area contributed by atoms with E-state index >= 15 is 0 Å². The number of hydrogen-bond acceptors (Lipinski definition) is 3. The first-order valence-corrected chi connectivity index (χ1v) is 5.80. The topological polar surface area (TPSA) is 92.4 Å². The van der Waals surface area contributed by atoms with E-state index in [1.807, 2.05) is 6.92 Å². The Balaban J connectivity index is 2.61. The van der Waals surface area contributed by atoms with Gasteiger partial charge in [-0.2, -0.15) is 0 Å². The van der Waals surface area contributed by atoms with Crippen molar-refractivity contribution in [2.75, 3.05) is 13.1 Å². The summed E-state index contributed by atoms with van der Waals surface area (Å²) in [5.74, 6) is -1.57. The first-order chi connectivity index (χ1) is 7.60. The molecule has 1 fully saturated rings. The molecule has 0 bridgehead atoms. The lowest BCUT2D eigenvalue weighted by atomic mass is 9.95. The molecule has 0 saturated heterocycles. The molecule has 0 aromatic carbocycles. The van der Waals surface area contributed by atoms with Gasteiger partial charge >= 0.3 is 5.97 Å². The fraction of sp³-hybridized carbons (Fsp3) is 0.818. The van der Waals surface area contributed by atoms with Gasteiger partial charge in [0.05, 0.1) is 11.8 Å². The van der Waals surface area contributed by atoms with Crippen LogP contribution in [0.15, 0.2) is 0 Å². The summed E-state index contributed by atoms with van der Waals surface area (Å²) in [5.41, 5.74) is 5.29. The van der Waals surface area contributed by atoms with Gasteiger partial charge < -0.3 is 16.2 Å². The summed E-state index contributed by atoms with van der Waals surface area (Å²) in [6.07, 6.45) is 2.24. The van der Waals surface area contributed by atoms with Gasteiger partial charge in [0.15, 0.2) is 0 Å². The smallest absolute Gasteiger partial charge is 0.307 e. The predicted octanol–water partition coefficient (Wildman–Crippen LogP) is 0.198. The van der Waals surface area contributed by atoms with Crippen LogP contribution in [0.2, 0.25) is 0 Å². The zero-order valence-electron chi connectivity index (χ0n) is 9.61. The van der Waals surface area contributed by atoms with Crippen LogP contribution in [0.4, 0.5) is 0 Å². The van der Waals surface area contributed by atoms with E-state index in [1.165, 1.54) is 0 Å². The van der Waals surface area contributed by atoms with Crippen molar-refractivity contribution in [1.29, 1.82) is 0 Å². The van der Waals surface area contributed by atoms with E-state index in [2.05, 4.69) is 5.32 Å². The maximum absolute atomic E-state index is 11.8. The number of hydrogen-bond donors (Lipinski definition) is 3. The molecule has 16 heavy (non-hydrogen) atoms. The van der Waals surface area contributed by atoms with Crippen LogP contribution in [0.3, 0.4) is 0 Å². The van der Waals surface area contributed by atoms with Gasteiger partial charge in [-0.05, 0) is 18.8 Å². The summed E-state index contributed by atoms with van der Waals surface area (Å²) >= 11 is 0. The number of amides is 1. The molecule has 1 rings (SSSR count). The van der Waals surface area contributed by atoms with Crippen LogP contribution in [0.5, 0.6) is 0 Å². The van der Waals surface area contributed by atoms with Crippen molar-refractivity contribution in [1.82, 2.24) is 5.32 Å². The predicted molar refractivity (Wildman–Crippen MR) is 59.7 cm³/mol. The van der Waals surface area contributed by atoms with Crippen molar-refractivity contribution in [3.05, 3.63) is 0 Å².